The minimum Gasteiger partial charge on any atom is -0.291 e. The summed E-state index contributed by atoms with van der Waals surface area (Å²) < 4.78 is 15.0. The van der Waals surface area contributed by atoms with Crippen molar-refractivity contribution in [3.8, 4) is 0 Å². The number of carbonyl (C=O) groups excluding carboxylic acids is 1. The van der Waals surface area contributed by atoms with Crippen LogP contribution in [-0.2, 0) is 5.54 Å². The Labute approximate surface area is 166 Å². The Morgan fingerprint density at radius 2 is 1.54 bits per heavy atom. The number of Topliss-reactive ketones (excluding diaryl/α,β-unsaturated/α-hetero) is 1. The van der Waals surface area contributed by atoms with Crippen molar-refractivity contribution < 1.29 is 9.18 Å². The van der Waals surface area contributed by atoms with E-state index < -0.39 is 11.4 Å². The standard InChI is InChI=1S/C22H15ClFN3O/c23-19-10-8-18(9-11-19)22(27-15-25-14-26-27,17-4-2-1-3-5-17)21(28)16-6-12-20(24)13-7-16/h1-15H. The average Bonchev–Trinajstić information content (AvgIpc) is 3.26. The molecule has 0 saturated carbocycles. The fourth-order valence-corrected chi connectivity index (χ4v) is 3.49. The van der Waals surface area contributed by atoms with Crippen LogP contribution in [0.4, 0.5) is 4.39 Å². The number of benzene rings is 3. The maximum absolute atomic E-state index is 13.9. The van der Waals surface area contributed by atoms with E-state index in [0.29, 0.717) is 21.7 Å². The van der Waals surface area contributed by atoms with Crippen molar-refractivity contribution in [1.82, 2.24) is 14.8 Å². The lowest BCUT2D eigenvalue weighted by atomic mass is 9.77. The van der Waals surface area contributed by atoms with Gasteiger partial charge in [0.2, 0.25) is 0 Å². The molecule has 0 saturated heterocycles. The molecule has 0 N–H and O–H groups in total. The molecule has 0 radical (unpaired) electrons. The Hall–Kier alpha value is -3.31. The summed E-state index contributed by atoms with van der Waals surface area (Å²) in [6.07, 6.45) is 2.88. The van der Waals surface area contributed by atoms with Crippen LogP contribution in [0.2, 0.25) is 5.02 Å². The molecule has 1 aromatic heterocycles. The molecule has 1 unspecified atom stereocenters. The third kappa shape index (κ3) is 3.00. The zero-order chi connectivity index (χ0) is 19.6. The molecule has 28 heavy (non-hydrogen) atoms. The highest BCUT2D eigenvalue weighted by Crippen LogP contribution is 2.37. The molecule has 138 valence electrons. The number of nitrogens with zero attached hydrogens (tertiary/aromatic N) is 3. The maximum atomic E-state index is 13.9. The first-order chi connectivity index (χ1) is 13.6. The number of halogens is 2. The van der Waals surface area contributed by atoms with E-state index in [9.17, 15) is 9.18 Å². The molecule has 0 aliphatic carbocycles. The van der Waals surface area contributed by atoms with Crippen LogP contribution in [-0.4, -0.2) is 20.5 Å². The first-order valence-electron chi connectivity index (χ1n) is 8.59. The lowest BCUT2D eigenvalue weighted by Crippen LogP contribution is -2.44. The van der Waals surface area contributed by atoms with E-state index in [4.69, 9.17) is 11.6 Å². The molecule has 0 bridgehead atoms. The van der Waals surface area contributed by atoms with Crippen molar-refractivity contribution in [2.45, 2.75) is 5.54 Å². The Kier molecular flexibility index (Phi) is 4.75. The molecule has 0 spiro atoms. The van der Waals surface area contributed by atoms with Crippen molar-refractivity contribution in [1.29, 1.82) is 0 Å². The molecule has 4 rings (SSSR count). The van der Waals surface area contributed by atoms with Gasteiger partial charge >= 0.3 is 0 Å². The lowest BCUT2D eigenvalue weighted by Gasteiger charge is -2.33. The Morgan fingerprint density at radius 1 is 0.893 bits per heavy atom. The summed E-state index contributed by atoms with van der Waals surface area (Å²) in [7, 11) is 0. The molecule has 4 nitrogen and oxygen atoms in total. The van der Waals surface area contributed by atoms with Crippen molar-refractivity contribution in [3.05, 3.63) is 119 Å². The van der Waals surface area contributed by atoms with Crippen molar-refractivity contribution in [2.24, 2.45) is 0 Å². The fraction of sp³-hybridized carbons (Fsp3) is 0.0455. The summed E-state index contributed by atoms with van der Waals surface area (Å²) in [5.41, 5.74) is 0.413. The average molecular weight is 392 g/mol. The first-order valence-corrected chi connectivity index (χ1v) is 8.97. The molecule has 1 atom stereocenters. The fourth-order valence-electron chi connectivity index (χ4n) is 3.36. The van der Waals surface area contributed by atoms with Crippen LogP contribution in [0.5, 0.6) is 0 Å². The number of aromatic nitrogens is 3. The van der Waals surface area contributed by atoms with E-state index in [0.717, 1.165) is 0 Å². The topological polar surface area (TPSA) is 47.8 Å². The Bertz CT molecular complexity index is 1080. The van der Waals surface area contributed by atoms with Gasteiger partial charge in [-0.3, -0.25) is 4.79 Å². The van der Waals surface area contributed by atoms with Crippen LogP contribution >= 0.6 is 11.6 Å². The molecular formula is C22H15ClFN3O. The minimum atomic E-state index is -1.32. The van der Waals surface area contributed by atoms with Crippen molar-refractivity contribution in [2.75, 3.05) is 0 Å². The Balaban J connectivity index is 2.05. The van der Waals surface area contributed by atoms with Crippen LogP contribution in [0, 0.1) is 5.82 Å². The van der Waals surface area contributed by atoms with Gasteiger partial charge in [0.15, 0.2) is 11.3 Å². The van der Waals surface area contributed by atoms with Gasteiger partial charge in [0.05, 0.1) is 0 Å². The highest BCUT2D eigenvalue weighted by atomic mass is 35.5. The van der Waals surface area contributed by atoms with Gasteiger partial charge in [-0.25, -0.2) is 14.1 Å². The lowest BCUT2D eigenvalue weighted by molar-refractivity contribution is 0.0878. The SMILES string of the molecule is O=C(c1ccc(F)cc1)C(c1ccccc1)(c1ccc(Cl)cc1)n1cncn1. The smallest absolute Gasteiger partial charge is 0.199 e. The van der Waals surface area contributed by atoms with Gasteiger partial charge < -0.3 is 0 Å². The summed E-state index contributed by atoms with van der Waals surface area (Å²) >= 11 is 6.09. The molecule has 0 aliphatic rings. The van der Waals surface area contributed by atoms with Gasteiger partial charge in [0.25, 0.3) is 0 Å². The largest absolute Gasteiger partial charge is 0.291 e. The minimum absolute atomic E-state index is 0.258. The number of hydrogen-bond acceptors (Lipinski definition) is 3. The zero-order valence-corrected chi connectivity index (χ0v) is 15.4. The van der Waals surface area contributed by atoms with Gasteiger partial charge in [-0.05, 0) is 47.5 Å². The second-order valence-electron chi connectivity index (χ2n) is 6.26. The predicted molar refractivity (Wildman–Crippen MR) is 105 cm³/mol. The van der Waals surface area contributed by atoms with Gasteiger partial charge in [-0.1, -0.05) is 54.1 Å². The van der Waals surface area contributed by atoms with Crippen LogP contribution in [0.1, 0.15) is 21.5 Å². The van der Waals surface area contributed by atoms with E-state index in [2.05, 4.69) is 10.1 Å². The highest BCUT2D eigenvalue weighted by molar-refractivity contribution is 6.30. The summed E-state index contributed by atoms with van der Waals surface area (Å²) in [5, 5.41) is 4.86. The number of rotatable bonds is 5. The van der Waals surface area contributed by atoms with E-state index in [1.54, 1.807) is 24.3 Å². The Morgan fingerprint density at radius 3 is 2.14 bits per heavy atom. The van der Waals surface area contributed by atoms with Crippen LogP contribution in [0.3, 0.4) is 0 Å². The summed E-state index contributed by atoms with van der Waals surface area (Å²) in [4.78, 5) is 18.0. The van der Waals surface area contributed by atoms with Crippen molar-refractivity contribution in [3.63, 3.8) is 0 Å². The molecule has 4 aromatic rings. The molecular weight excluding hydrogens is 377 g/mol. The molecule has 1 heterocycles. The molecule has 6 heteroatoms. The van der Waals surface area contributed by atoms with Gasteiger partial charge in [0.1, 0.15) is 18.5 Å². The monoisotopic (exact) mass is 391 g/mol. The first kappa shape index (κ1) is 18.1. The number of carbonyl (C=O) groups is 1. The van der Waals surface area contributed by atoms with E-state index in [1.807, 2.05) is 30.3 Å². The molecule has 3 aromatic carbocycles. The van der Waals surface area contributed by atoms with Crippen LogP contribution in [0.25, 0.3) is 0 Å². The molecule has 0 aliphatic heterocycles. The second kappa shape index (κ2) is 7.37. The maximum Gasteiger partial charge on any atom is 0.199 e. The van der Waals surface area contributed by atoms with Gasteiger partial charge in [-0.2, -0.15) is 5.10 Å². The predicted octanol–water partition coefficient (Wildman–Crippen LogP) is 4.75. The number of hydrogen-bond donors (Lipinski definition) is 0. The third-order valence-corrected chi connectivity index (χ3v) is 4.90. The number of ketones is 1. The van der Waals surface area contributed by atoms with E-state index >= 15 is 0 Å². The zero-order valence-electron chi connectivity index (χ0n) is 14.7. The van der Waals surface area contributed by atoms with Gasteiger partial charge in [-0.15, -0.1) is 0 Å². The third-order valence-electron chi connectivity index (χ3n) is 4.65. The van der Waals surface area contributed by atoms with E-state index in [1.165, 1.54) is 41.6 Å². The summed E-state index contributed by atoms with van der Waals surface area (Å²) in [6, 6.07) is 21.8. The summed E-state index contributed by atoms with van der Waals surface area (Å²) in [6.45, 7) is 0. The van der Waals surface area contributed by atoms with Crippen LogP contribution in [0.15, 0.2) is 91.5 Å². The van der Waals surface area contributed by atoms with E-state index in [-0.39, 0.29) is 5.78 Å². The second-order valence-corrected chi connectivity index (χ2v) is 6.70. The molecule has 0 fully saturated rings. The normalized spacial score (nSPS) is 13.1. The van der Waals surface area contributed by atoms with Crippen LogP contribution < -0.4 is 0 Å². The highest BCUT2D eigenvalue weighted by Gasteiger charge is 2.45. The quantitative estimate of drug-likeness (QED) is 0.461. The van der Waals surface area contributed by atoms with Gasteiger partial charge in [0, 0.05) is 10.6 Å². The molecule has 0 amide bonds. The van der Waals surface area contributed by atoms with Crippen molar-refractivity contribution >= 4 is 17.4 Å². The summed E-state index contributed by atoms with van der Waals surface area (Å²) in [5.74, 6) is -0.666.